The van der Waals surface area contributed by atoms with Crippen molar-refractivity contribution in [2.75, 3.05) is 12.3 Å². The highest BCUT2D eigenvalue weighted by molar-refractivity contribution is 5.85. The number of nitrogens with two attached hydrogens (primary N) is 1. The third kappa shape index (κ3) is 2.43. The Kier molecular flexibility index (Phi) is 3.81. The van der Waals surface area contributed by atoms with E-state index in [1.807, 2.05) is 0 Å². The molecule has 1 aliphatic rings. The number of aromatic nitrogens is 5. The highest BCUT2D eigenvalue weighted by atomic mass is 16.6. The van der Waals surface area contributed by atoms with Gasteiger partial charge < -0.3 is 25.8 Å². The zero-order valence-corrected chi connectivity index (χ0v) is 13.0. The molecule has 0 bridgehead atoms. The Bertz CT molecular complexity index is 902. The predicted molar refractivity (Wildman–Crippen MR) is 86.0 cm³/mol. The van der Waals surface area contributed by atoms with Gasteiger partial charge in [0, 0.05) is 18.0 Å². The SMILES string of the molecule is Nc1ncnc2c1nc(-c1cccnc1)n2[C@@H]1O[C@H](CO)[C@@H](O)[C@H]1O. The minimum Gasteiger partial charge on any atom is -0.394 e. The molecule has 1 fully saturated rings. The van der Waals surface area contributed by atoms with E-state index in [2.05, 4.69) is 19.9 Å². The van der Waals surface area contributed by atoms with Gasteiger partial charge in [-0.05, 0) is 12.1 Å². The Morgan fingerprint density at radius 3 is 2.76 bits per heavy atom. The monoisotopic (exact) mass is 344 g/mol. The molecule has 4 atom stereocenters. The molecule has 4 rings (SSSR count). The number of hydrogen-bond donors (Lipinski definition) is 4. The summed E-state index contributed by atoms with van der Waals surface area (Å²) >= 11 is 0. The maximum Gasteiger partial charge on any atom is 0.168 e. The lowest BCUT2D eigenvalue weighted by Gasteiger charge is -2.19. The van der Waals surface area contributed by atoms with Crippen LogP contribution in [-0.4, -0.2) is 64.7 Å². The number of nitrogen functional groups attached to an aromatic ring is 1. The molecule has 0 unspecified atom stereocenters. The number of ether oxygens (including phenoxy) is 1. The molecule has 10 nitrogen and oxygen atoms in total. The first-order valence-electron chi connectivity index (χ1n) is 7.63. The Balaban J connectivity index is 1.94. The van der Waals surface area contributed by atoms with E-state index >= 15 is 0 Å². The summed E-state index contributed by atoms with van der Waals surface area (Å²) in [4.78, 5) is 16.7. The topological polar surface area (TPSA) is 152 Å². The summed E-state index contributed by atoms with van der Waals surface area (Å²) in [6, 6.07) is 3.53. The first-order chi connectivity index (χ1) is 12.1. The van der Waals surface area contributed by atoms with Crippen molar-refractivity contribution in [3.8, 4) is 11.4 Å². The summed E-state index contributed by atoms with van der Waals surface area (Å²) in [7, 11) is 0. The molecule has 3 aromatic heterocycles. The van der Waals surface area contributed by atoms with Gasteiger partial charge in [0.25, 0.3) is 0 Å². The van der Waals surface area contributed by atoms with Crippen LogP contribution in [0, 0.1) is 0 Å². The fraction of sp³-hybridized carbons (Fsp3) is 0.333. The van der Waals surface area contributed by atoms with Gasteiger partial charge >= 0.3 is 0 Å². The molecule has 10 heteroatoms. The fourth-order valence-corrected chi connectivity index (χ4v) is 2.96. The van der Waals surface area contributed by atoms with Gasteiger partial charge in [0.1, 0.15) is 30.5 Å². The van der Waals surface area contributed by atoms with Gasteiger partial charge in [0.15, 0.2) is 23.2 Å². The van der Waals surface area contributed by atoms with Gasteiger partial charge in [-0.1, -0.05) is 0 Å². The van der Waals surface area contributed by atoms with E-state index in [-0.39, 0.29) is 5.82 Å². The van der Waals surface area contributed by atoms with Crippen LogP contribution >= 0.6 is 0 Å². The van der Waals surface area contributed by atoms with Crippen molar-refractivity contribution in [1.29, 1.82) is 0 Å². The standard InChI is InChI=1S/C15H16N6O4/c16-12-9-14(19-6-18-12)21(13(20-9)7-2-1-3-17-4-7)15-11(24)10(23)8(5-22)25-15/h1-4,6,8,10-11,15,22-24H,5H2,(H2,16,18,19)/t8-,10-,11-,15-/m1/s1. The average molecular weight is 344 g/mol. The second kappa shape index (κ2) is 6.01. The summed E-state index contributed by atoms with van der Waals surface area (Å²) in [5, 5.41) is 29.8. The van der Waals surface area contributed by atoms with Crippen molar-refractivity contribution >= 4 is 17.0 Å². The minimum absolute atomic E-state index is 0.181. The van der Waals surface area contributed by atoms with Crippen molar-refractivity contribution in [3.63, 3.8) is 0 Å². The van der Waals surface area contributed by atoms with Crippen LogP contribution in [0.3, 0.4) is 0 Å². The first kappa shape index (κ1) is 15.8. The number of pyridine rings is 1. The largest absolute Gasteiger partial charge is 0.394 e. The zero-order valence-electron chi connectivity index (χ0n) is 13.0. The molecular formula is C15H16N6O4. The molecule has 0 aliphatic carbocycles. The molecule has 5 N–H and O–H groups in total. The van der Waals surface area contributed by atoms with E-state index in [9.17, 15) is 15.3 Å². The lowest BCUT2D eigenvalue weighted by Crippen LogP contribution is -2.33. The van der Waals surface area contributed by atoms with Crippen LogP contribution < -0.4 is 5.73 Å². The molecule has 0 aromatic carbocycles. The number of aliphatic hydroxyl groups is 3. The maximum atomic E-state index is 10.4. The molecule has 0 amide bonds. The third-order valence-electron chi connectivity index (χ3n) is 4.20. The Morgan fingerprint density at radius 1 is 1.24 bits per heavy atom. The second-order valence-electron chi connectivity index (χ2n) is 5.71. The molecule has 130 valence electrons. The fourth-order valence-electron chi connectivity index (χ4n) is 2.96. The lowest BCUT2D eigenvalue weighted by atomic mass is 10.1. The van der Waals surface area contributed by atoms with Crippen molar-refractivity contribution in [1.82, 2.24) is 24.5 Å². The summed E-state index contributed by atoms with van der Waals surface area (Å²) in [6.07, 6.45) is 0.0683. The van der Waals surface area contributed by atoms with E-state index in [1.54, 1.807) is 24.5 Å². The van der Waals surface area contributed by atoms with Crippen LogP contribution in [-0.2, 0) is 4.74 Å². The van der Waals surface area contributed by atoms with Crippen molar-refractivity contribution < 1.29 is 20.1 Å². The highest BCUT2D eigenvalue weighted by Crippen LogP contribution is 2.36. The minimum atomic E-state index is -1.28. The lowest BCUT2D eigenvalue weighted by molar-refractivity contribution is -0.0503. The van der Waals surface area contributed by atoms with E-state index in [1.165, 1.54) is 10.9 Å². The number of fused-ring (bicyclic) bond motifs is 1. The average Bonchev–Trinajstić information content (AvgIpc) is 3.15. The van der Waals surface area contributed by atoms with Gasteiger partial charge in [-0.25, -0.2) is 15.0 Å². The van der Waals surface area contributed by atoms with Crippen molar-refractivity contribution in [2.24, 2.45) is 0 Å². The number of nitrogens with zero attached hydrogens (tertiary/aromatic N) is 5. The third-order valence-corrected chi connectivity index (χ3v) is 4.20. The molecule has 0 spiro atoms. The zero-order chi connectivity index (χ0) is 17.6. The van der Waals surface area contributed by atoms with Crippen LogP contribution in [0.4, 0.5) is 5.82 Å². The highest BCUT2D eigenvalue weighted by Gasteiger charge is 2.45. The number of hydrogen-bond acceptors (Lipinski definition) is 9. The van der Waals surface area contributed by atoms with Gasteiger partial charge in [-0.3, -0.25) is 9.55 Å². The molecule has 3 aromatic rings. The van der Waals surface area contributed by atoms with E-state index < -0.39 is 31.1 Å². The number of imidazole rings is 1. The summed E-state index contributed by atoms with van der Waals surface area (Å²) in [5.74, 6) is 0.589. The Morgan fingerprint density at radius 2 is 2.08 bits per heavy atom. The van der Waals surface area contributed by atoms with Crippen LogP contribution in [0.15, 0.2) is 30.9 Å². The molecule has 1 saturated heterocycles. The van der Waals surface area contributed by atoms with Gasteiger partial charge in [-0.15, -0.1) is 0 Å². The smallest absolute Gasteiger partial charge is 0.168 e. The quantitative estimate of drug-likeness (QED) is 0.472. The van der Waals surface area contributed by atoms with Crippen LogP contribution in [0.25, 0.3) is 22.6 Å². The second-order valence-corrected chi connectivity index (χ2v) is 5.71. The molecular weight excluding hydrogens is 328 g/mol. The van der Waals surface area contributed by atoms with Crippen LogP contribution in [0.5, 0.6) is 0 Å². The number of aliphatic hydroxyl groups excluding tert-OH is 3. The summed E-state index contributed by atoms with van der Waals surface area (Å²) < 4.78 is 7.18. The molecule has 25 heavy (non-hydrogen) atoms. The molecule has 1 aliphatic heterocycles. The van der Waals surface area contributed by atoms with Crippen LogP contribution in [0.2, 0.25) is 0 Å². The van der Waals surface area contributed by atoms with Crippen LogP contribution in [0.1, 0.15) is 6.23 Å². The van der Waals surface area contributed by atoms with Crippen molar-refractivity contribution in [3.05, 3.63) is 30.9 Å². The summed E-state index contributed by atoms with van der Waals surface area (Å²) in [5.41, 5.74) is 7.24. The van der Waals surface area contributed by atoms with E-state index in [0.29, 0.717) is 22.6 Å². The van der Waals surface area contributed by atoms with Crippen molar-refractivity contribution in [2.45, 2.75) is 24.5 Å². The molecule has 4 heterocycles. The number of rotatable bonds is 3. The Hall–Kier alpha value is -2.66. The maximum absolute atomic E-state index is 10.4. The number of anilines is 1. The molecule has 0 radical (unpaired) electrons. The normalized spacial score (nSPS) is 26.4. The van der Waals surface area contributed by atoms with Gasteiger partial charge in [-0.2, -0.15) is 0 Å². The first-order valence-corrected chi connectivity index (χ1v) is 7.63. The van der Waals surface area contributed by atoms with Gasteiger partial charge in [0.05, 0.1) is 6.61 Å². The van der Waals surface area contributed by atoms with E-state index in [0.717, 1.165) is 0 Å². The van der Waals surface area contributed by atoms with Gasteiger partial charge in [0.2, 0.25) is 0 Å². The predicted octanol–water partition coefficient (Wildman–Crippen LogP) is -0.918. The molecule has 0 saturated carbocycles. The summed E-state index contributed by atoms with van der Waals surface area (Å²) in [6.45, 7) is -0.430. The van der Waals surface area contributed by atoms with E-state index in [4.69, 9.17) is 10.5 Å². The Labute approximate surface area is 141 Å².